The number of nitrogens with zero attached hydrogens (tertiary/aromatic N) is 1. The van der Waals surface area contributed by atoms with Crippen molar-refractivity contribution in [2.24, 2.45) is 5.41 Å². The standard InChI is InChI=1S/C14H18N2O/c1-14(2,3)13(17)16-8-7-11-5-4-6-12(9-11)10-15/h4-6,9H,7-8H2,1-3H3,(H,16,17). The number of nitrogens with one attached hydrogen (secondary N) is 1. The average Bonchev–Trinajstić information content (AvgIpc) is 2.28. The van der Waals surface area contributed by atoms with Gasteiger partial charge in [-0.2, -0.15) is 5.26 Å². The van der Waals surface area contributed by atoms with Crippen molar-refractivity contribution >= 4 is 5.91 Å². The second-order valence-electron chi connectivity index (χ2n) is 5.07. The van der Waals surface area contributed by atoms with Crippen molar-refractivity contribution in [3.05, 3.63) is 35.4 Å². The highest BCUT2D eigenvalue weighted by atomic mass is 16.2. The van der Waals surface area contributed by atoms with Crippen LogP contribution in [-0.4, -0.2) is 12.5 Å². The van der Waals surface area contributed by atoms with Crippen molar-refractivity contribution in [3.8, 4) is 6.07 Å². The maximum atomic E-state index is 11.6. The Morgan fingerprint density at radius 2 is 2.12 bits per heavy atom. The van der Waals surface area contributed by atoms with Crippen LogP contribution in [0, 0.1) is 16.7 Å². The quantitative estimate of drug-likeness (QED) is 0.866. The third-order valence-electron chi connectivity index (χ3n) is 2.44. The lowest BCUT2D eigenvalue weighted by atomic mass is 9.95. The first-order valence-electron chi connectivity index (χ1n) is 5.71. The molecule has 17 heavy (non-hydrogen) atoms. The van der Waals surface area contributed by atoms with E-state index in [-0.39, 0.29) is 11.3 Å². The molecule has 3 nitrogen and oxygen atoms in total. The van der Waals surface area contributed by atoms with E-state index in [1.165, 1.54) is 0 Å². The van der Waals surface area contributed by atoms with E-state index in [4.69, 9.17) is 5.26 Å². The number of hydrogen-bond donors (Lipinski definition) is 1. The molecule has 1 aromatic rings. The van der Waals surface area contributed by atoms with Gasteiger partial charge in [0.2, 0.25) is 5.91 Å². The van der Waals surface area contributed by atoms with Crippen LogP contribution in [0.4, 0.5) is 0 Å². The van der Waals surface area contributed by atoms with E-state index in [1.54, 1.807) is 6.07 Å². The number of nitriles is 1. The fraction of sp³-hybridized carbons (Fsp3) is 0.429. The van der Waals surface area contributed by atoms with Gasteiger partial charge < -0.3 is 5.32 Å². The molecule has 0 aliphatic rings. The molecule has 0 heterocycles. The normalized spacial score (nSPS) is 10.7. The minimum atomic E-state index is -0.353. The molecule has 0 fully saturated rings. The number of carbonyl (C=O) groups is 1. The number of amides is 1. The number of carbonyl (C=O) groups excluding carboxylic acids is 1. The summed E-state index contributed by atoms with van der Waals surface area (Å²) in [7, 11) is 0. The molecule has 0 aliphatic heterocycles. The number of benzene rings is 1. The monoisotopic (exact) mass is 230 g/mol. The lowest BCUT2D eigenvalue weighted by Crippen LogP contribution is -2.35. The van der Waals surface area contributed by atoms with E-state index >= 15 is 0 Å². The predicted molar refractivity (Wildman–Crippen MR) is 67.3 cm³/mol. The zero-order valence-electron chi connectivity index (χ0n) is 10.6. The van der Waals surface area contributed by atoms with Crippen LogP contribution in [0.5, 0.6) is 0 Å². The summed E-state index contributed by atoms with van der Waals surface area (Å²) in [4.78, 5) is 11.6. The summed E-state index contributed by atoms with van der Waals surface area (Å²) in [6, 6.07) is 9.55. The van der Waals surface area contributed by atoms with Crippen molar-refractivity contribution in [2.75, 3.05) is 6.54 Å². The second-order valence-corrected chi connectivity index (χ2v) is 5.07. The molecule has 0 unspecified atom stereocenters. The topological polar surface area (TPSA) is 52.9 Å². The summed E-state index contributed by atoms with van der Waals surface area (Å²) in [5.41, 5.74) is 1.37. The molecule has 0 atom stereocenters. The highest BCUT2D eigenvalue weighted by Crippen LogP contribution is 2.12. The van der Waals surface area contributed by atoms with E-state index in [0.717, 1.165) is 12.0 Å². The fourth-order valence-electron chi connectivity index (χ4n) is 1.38. The molecule has 1 aromatic carbocycles. The van der Waals surface area contributed by atoms with Crippen LogP contribution < -0.4 is 5.32 Å². The first-order chi connectivity index (χ1) is 7.93. The average molecular weight is 230 g/mol. The summed E-state index contributed by atoms with van der Waals surface area (Å²) in [5.74, 6) is 0.0499. The van der Waals surface area contributed by atoms with Gasteiger partial charge in [0.25, 0.3) is 0 Å². The first kappa shape index (κ1) is 13.2. The zero-order chi connectivity index (χ0) is 12.9. The lowest BCUT2D eigenvalue weighted by molar-refractivity contribution is -0.128. The van der Waals surface area contributed by atoms with Crippen LogP contribution >= 0.6 is 0 Å². The van der Waals surface area contributed by atoms with Crippen molar-refractivity contribution in [1.29, 1.82) is 5.26 Å². The van der Waals surface area contributed by atoms with Gasteiger partial charge in [-0.15, -0.1) is 0 Å². The second kappa shape index (κ2) is 5.49. The van der Waals surface area contributed by atoms with E-state index in [9.17, 15) is 4.79 Å². The Morgan fingerprint density at radius 3 is 2.71 bits per heavy atom. The maximum absolute atomic E-state index is 11.6. The van der Waals surface area contributed by atoms with Gasteiger partial charge in [0.1, 0.15) is 0 Å². The Kier molecular flexibility index (Phi) is 4.28. The van der Waals surface area contributed by atoms with Crippen molar-refractivity contribution in [2.45, 2.75) is 27.2 Å². The molecule has 0 bridgehead atoms. The molecular formula is C14H18N2O. The van der Waals surface area contributed by atoms with Gasteiger partial charge in [0.05, 0.1) is 11.6 Å². The van der Waals surface area contributed by atoms with E-state index in [2.05, 4.69) is 11.4 Å². The molecule has 0 saturated heterocycles. The molecule has 1 N–H and O–H groups in total. The van der Waals surface area contributed by atoms with Gasteiger partial charge in [-0.3, -0.25) is 4.79 Å². The SMILES string of the molecule is CC(C)(C)C(=O)NCCc1cccc(C#N)c1. The number of rotatable bonds is 3. The van der Waals surface area contributed by atoms with Gasteiger partial charge in [0.15, 0.2) is 0 Å². The third-order valence-corrected chi connectivity index (χ3v) is 2.44. The highest BCUT2D eigenvalue weighted by Gasteiger charge is 2.20. The molecule has 0 aromatic heterocycles. The molecule has 0 spiro atoms. The molecule has 90 valence electrons. The van der Waals surface area contributed by atoms with Crippen molar-refractivity contribution in [1.82, 2.24) is 5.32 Å². The van der Waals surface area contributed by atoms with Gasteiger partial charge in [-0.1, -0.05) is 32.9 Å². The van der Waals surface area contributed by atoms with Gasteiger partial charge >= 0.3 is 0 Å². The van der Waals surface area contributed by atoms with E-state index in [1.807, 2.05) is 39.0 Å². The molecule has 1 rings (SSSR count). The van der Waals surface area contributed by atoms with Gasteiger partial charge in [-0.25, -0.2) is 0 Å². The minimum absolute atomic E-state index is 0.0499. The Hall–Kier alpha value is -1.82. The summed E-state index contributed by atoms with van der Waals surface area (Å²) in [6.07, 6.45) is 0.747. The molecule has 0 saturated carbocycles. The molecule has 0 aliphatic carbocycles. The molecular weight excluding hydrogens is 212 g/mol. The Labute approximate surface area is 102 Å². The maximum Gasteiger partial charge on any atom is 0.225 e. The molecule has 0 radical (unpaired) electrons. The largest absolute Gasteiger partial charge is 0.355 e. The van der Waals surface area contributed by atoms with Crippen LogP contribution in [0.25, 0.3) is 0 Å². The van der Waals surface area contributed by atoms with E-state index < -0.39 is 0 Å². The van der Waals surface area contributed by atoms with Gasteiger partial charge in [-0.05, 0) is 24.1 Å². The zero-order valence-corrected chi connectivity index (χ0v) is 10.6. The van der Waals surface area contributed by atoms with Gasteiger partial charge in [0, 0.05) is 12.0 Å². The number of hydrogen-bond acceptors (Lipinski definition) is 2. The summed E-state index contributed by atoms with van der Waals surface area (Å²) >= 11 is 0. The summed E-state index contributed by atoms with van der Waals surface area (Å²) in [6.45, 7) is 6.26. The van der Waals surface area contributed by atoms with E-state index in [0.29, 0.717) is 12.1 Å². The summed E-state index contributed by atoms with van der Waals surface area (Å²) in [5, 5.41) is 11.6. The van der Waals surface area contributed by atoms with Crippen LogP contribution in [0.3, 0.4) is 0 Å². The Balaban J connectivity index is 2.47. The predicted octanol–water partition coefficient (Wildman–Crippen LogP) is 2.26. The Bertz CT molecular complexity index is 438. The summed E-state index contributed by atoms with van der Waals surface area (Å²) < 4.78 is 0. The van der Waals surface area contributed by atoms with Crippen LogP contribution in [0.15, 0.2) is 24.3 Å². The highest BCUT2D eigenvalue weighted by molar-refractivity contribution is 5.81. The minimum Gasteiger partial charge on any atom is -0.355 e. The smallest absolute Gasteiger partial charge is 0.225 e. The lowest BCUT2D eigenvalue weighted by Gasteiger charge is -2.17. The fourth-order valence-corrected chi connectivity index (χ4v) is 1.38. The van der Waals surface area contributed by atoms with Crippen LogP contribution in [-0.2, 0) is 11.2 Å². The molecule has 1 amide bonds. The molecule has 3 heteroatoms. The van der Waals surface area contributed by atoms with Crippen LogP contribution in [0.2, 0.25) is 0 Å². The van der Waals surface area contributed by atoms with Crippen LogP contribution in [0.1, 0.15) is 31.9 Å². The van der Waals surface area contributed by atoms with Crippen molar-refractivity contribution < 1.29 is 4.79 Å². The van der Waals surface area contributed by atoms with Crippen molar-refractivity contribution in [3.63, 3.8) is 0 Å². The Morgan fingerprint density at radius 1 is 1.41 bits per heavy atom. The first-order valence-corrected chi connectivity index (χ1v) is 5.71. The third kappa shape index (κ3) is 4.28.